The highest BCUT2D eigenvalue weighted by atomic mass is 32.1. The Morgan fingerprint density at radius 1 is 1.46 bits per heavy atom. The summed E-state index contributed by atoms with van der Waals surface area (Å²) < 4.78 is 7.56. The predicted molar refractivity (Wildman–Crippen MR) is 97.9 cm³/mol. The molecule has 1 aliphatic rings. The van der Waals surface area contributed by atoms with Crippen molar-refractivity contribution in [1.29, 1.82) is 0 Å². The van der Waals surface area contributed by atoms with Crippen molar-refractivity contribution in [3.63, 3.8) is 0 Å². The van der Waals surface area contributed by atoms with Gasteiger partial charge in [0, 0.05) is 31.2 Å². The Balaban J connectivity index is 1.36. The highest BCUT2D eigenvalue weighted by Crippen LogP contribution is 2.24. The Morgan fingerprint density at radius 3 is 3.15 bits per heavy atom. The molecule has 26 heavy (non-hydrogen) atoms. The molecule has 3 aromatic rings. The number of aromatic nitrogens is 3. The second-order valence-electron chi connectivity index (χ2n) is 6.47. The van der Waals surface area contributed by atoms with Crippen LogP contribution in [0.25, 0.3) is 0 Å². The van der Waals surface area contributed by atoms with Crippen LogP contribution in [0.2, 0.25) is 0 Å². The fourth-order valence-electron chi connectivity index (χ4n) is 3.33. The molecular formula is C18H21N5O2S. The van der Waals surface area contributed by atoms with Crippen LogP contribution in [0.1, 0.15) is 39.4 Å². The van der Waals surface area contributed by atoms with Gasteiger partial charge in [-0.25, -0.2) is 4.98 Å². The van der Waals surface area contributed by atoms with Crippen LogP contribution in [0.5, 0.6) is 0 Å². The van der Waals surface area contributed by atoms with Crippen LogP contribution < -0.4 is 5.32 Å². The molecule has 0 fully saturated rings. The lowest BCUT2D eigenvalue weighted by Gasteiger charge is -2.33. The van der Waals surface area contributed by atoms with Crippen molar-refractivity contribution in [1.82, 2.24) is 25.0 Å². The lowest BCUT2D eigenvalue weighted by Crippen LogP contribution is -2.38. The standard InChI is InChI=1S/C18H21N5O2S/c1-13-21-17(12-26-13)18(24)19-6-4-14-9-22(11-16-3-2-8-25-16)10-15-5-7-20-23(14)15/h2-3,5,7-8,12,14H,4,6,9-11H2,1H3,(H,19,24)/t14-/m1/s1. The Kier molecular flexibility index (Phi) is 4.85. The highest BCUT2D eigenvalue weighted by molar-refractivity contribution is 7.09. The number of nitrogens with zero attached hydrogens (tertiary/aromatic N) is 4. The number of hydrogen-bond acceptors (Lipinski definition) is 6. The molecule has 1 amide bonds. The summed E-state index contributed by atoms with van der Waals surface area (Å²) in [6, 6.07) is 6.19. The van der Waals surface area contributed by atoms with Gasteiger partial charge in [-0.15, -0.1) is 11.3 Å². The van der Waals surface area contributed by atoms with E-state index in [1.807, 2.05) is 25.3 Å². The van der Waals surface area contributed by atoms with E-state index in [1.165, 1.54) is 17.0 Å². The quantitative estimate of drug-likeness (QED) is 0.721. The molecule has 0 unspecified atom stereocenters. The SMILES string of the molecule is Cc1nc(C(=O)NCC[C@@H]2CN(Cc3ccco3)Cc3ccnn32)cs1. The number of thiazole rings is 1. The molecule has 136 valence electrons. The molecular weight excluding hydrogens is 350 g/mol. The summed E-state index contributed by atoms with van der Waals surface area (Å²) in [6.45, 7) is 4.99. The van der Waals surface area contributed by atoms with Crippen LogP contribution >= 0.6 is 11.3 Å². The fraction of sp³-hybridized carbons (Fsp3) is 0.389. The largest absolute Gasteiger partial charge is 0.468 e. The third-order valence-corrected chi connectivity index (χ3v) is 5.30. The molecule has 7 nitrogen and oxygen atoms in total. The van der Waals surface area contributed by atoms with Gasteiger partial charge in [-0.2, -0.15) is 5.10 Å². The summed E-state index contributed by atoms with van der Waals surface area (Å²) >= 11 is 1.49. The minimum absolute atomic E-state index is 0.113. The van der Waals surface area contributed by atoms with Gasteiger partial charge in [0.15, 0.2) is 0 Å². The second kappa shape index (κ2) is 7.43. The molecule has 1 aliphatic heterocycles. The van der Waals surface area contributed by atoms with Crippen LogP contribution in [0.4, 0.5) is 0 Å². The predicted octanol–water partition coefficient (Wildman–Crippen LogP) is 2.62. The van der Waals surface area contributed by atoms with Crippen LogP contribution in [0.15, 0.2) is 40.5 Å². The van der Waals surface area contributed by atoms with Crippen LogP contribution in [-0.2, 0) is 13.1 Å². The summed E-state index contributed by atoms with van der Waals surface area (Å²) in [6.07, 6.45) is 4.37. The number of nitrogens with one attached hydrogen (secondary N) is 1. The molecule has 4 rings (SSSR count). The van der Waals surface area contributed by atoms with Gasteiger partial charge in [0.1, 0.15) is 11.5 Å². The van der Waals surface area contributed by atoms with Crippen molar-refractivity contribution in [3.8, 4) is 0 Å². The van der Waals surface area contributed by atoms with Crippen molar-refractivity contribution in [3.05, 3.63) is 58.2 Å². The zero-order chi connectivity index (χ0) is 17.9. The minimum Gasteiger partial charge on any atom is -0.468 e. The van der Waals surface area contributed by atoms with E-state index in [0.717, 1.165) is 36.8 Å². The summed E-state index contributed by atoms with van der Waals surface area (Å²) in [7, 11) is 0. The van der Waals surface area contributed by atoms with E-state index in [2.05, 4.69) is 31.0 Å². The van der Waals surface area contributed by atoms with Crippen LogP contribution in [0, 0.1) is 6.92 Å². The number of aryl methyl sites for hydroxylation is 1. The molecule has 0 saturated heterocycles. The molecule has 0 aliphatic carbocycles. The van der Waals surface area contributed by atoms with Gasteiger partial charge in [-0.3, -0.25) is 14.4 Å². The maximum atomic E-state index is 12.2. The maximum Gasteiger partial charge on any atom is 0.270 e. The first-order chi connectivity index (χ1) is 12.7. The van der Waals surface area contributed by atoms with Crippen molar-refractivity contribution < 1.29 is 9.21 Å². The number of amides is 1. The molecule has 4 heterocycles. The van der Waals surface area contributed by atoms with Gasteiger partial charge in [0.05, 0.1) is 29.6 Å². The van der Waals surface area contributed by atoms with E-state index in [9.17, 15) is 4.79 Å². The van der Waals surface area contributed by atoms with Gasteiger partial charge in [-0.1, -0.05) is 0 Å². The van der Waals surface area contributed by atoms with E-state index >= 15 is 0 Å². The highest BCUT2D eigenvalue weighted by Gasteiger charge is 2.26. The Bertz CT molecular complexity index is 870. The van der Waals surface area contributed by atoms with Crippen molar-refractivity contribution in [2.24, 2.45) is 0 Å². The topological polar surface area (TPSA) is 76.2 Å². The summed E-state index contributed by atoms with van der Waals surface area (Å²) in [5, 5.41) is 10.1. The first-order valence-electron chi connectivity index (χ1n) is 8.66. The second-order valence-corrected chi connectivity index (χ2v) is 7.53. The minimum atomic E-state index is -0.113. The molecule has 0 radical (unpaired) electrons. The van der Waals surface area contributed by atoms with Gasteiger partial charge >= 0.3 is 0 Å². The van der Waals surface area contributed by atoms with E-state index in [4.69, 9.17) is 4.42 Å². The molecule has 8 heteroatoms. The smallest absolute Gasteiger partial charge is 0.270 e. The van der Waals surface area contributed by atoms with Crippen molar-refractivity contribution in [2.45, 2.75) is 32.5 Å². The Hall–Kier alpha value is -2.45. The summed E-state index contributed by atoms with van der Waals surface area (Å²) in [4.78, 5) is 18.7. The third kappa shape index (κ3) is 3.71. The van der Waals surface area contributed by atoms with Crippen molar-refractivity contribution in [2.75, 3.05) is 13.1 Å². The number of rotatable bonds is 6. The molecule has 1 N–H and O–H groups in total. The fourth-order valence-corrected chi connectivity index (χ4v) is 3.93. The number of carbonyl (C=O) groups is 1. The van der Waals surface area contributed by atoms with Crippen LogP contribution in [0.3, 0.4) is 0 Å². The Labute approximate surface area is 155 Å². The third-order valence-electron chi connectivity index (χ3n) is 4.53. The first-order valence-corrected chi connectivity index (χ1v) is 9.54. The van der Waals surface area contributed by atoms with E-state index in [1.54, 1.807) is 11.6 Å². The van der Waals surface area contributed by atoms with Gasteiger partial charge in [-0.05, 0) is 31.5 Å². The Morgan fingerprint density at radius 2 is 2.38 bits per heavy atom. The van der Waals surface area contributed by atoms with Crippen LogP contribution in [-0.4, -0.2) is 38.7 Å². The number of hydrogen-bond donors (Lipinski definition) is 1. The van der Waals surface area contributed by atoms with E-state index in [-0.39, 0.29) is 11.9 Å². The summed E-state index contributed by atoms with van der Waals surface area (Å²) in [5.41, 5.74) is 1.68. The van der Waals surface area contributed by atoms with Gasteiger partial charge in [0.25, 0.3) is 5.91 Å². The van der Waals surface area contributed by atoms with Gasteiger partial charge in [0.2, 0.25) is 0 Å². The molecule has 3 aromatic heterocycles. The molecule has 0 bridgehead atoms. The van der Waals surface area contributed by atoms with Gasteiger partial charge < -0.3 is 9.73 Å². The number of carbonyl (C=O) groups excluding carboxylic acids is 1. The van der Waals surface area contributed by atoms with Crippen molar-refractivity contribution >= 4 is 17.2 Å². The van der Waals surface area contributed by atoms with E-state index in [0.29, 0.717) is 12.2 Å². The lowest BCUT2D eigenvalue weighted by atomic mass is 10.1. The summed E-state index contributed by atoms with van der Waals surface area (Å²) in [5.74, 6) is 0.849. The molecule has 0 saturated carbocycles. The maximum absolute atomic E-state index is 12.2. The molecule has 0 spiro atoms. The zero-order valence-corrected chi connectivity index (χ0v) is 15.4. The van der Waals surface area contributed by atoms with E-state index < -0.39 is 0 Å². The number of fused-ring (bicyclic) bond motifs is 1. The normalized spacial score (nSPS) is 17.2. The first kappa shape index (κ1) is 17.0. The average Bonchev–Trinajstić information content (AvgIpc) is 3.36. The lowest BCUT2D eigenvalue weighted by molar-refractivity contribution is 0.0942. The molecule has 0 aromatic carbocycles. The molecule has 1 atom stereocenters. The number of furan rings is 1. The zero-order valence-electron chi connectivity index (χ0n) is 14.6. The monoisotopic (exact) mass is 371 g/mol. The average molecular weight is 371 g/mol.